The number of hydrogen-bond donors (Lipinski definition) is 1. The SMILES string of the molecule is O=C(C1CCCCC1)N1CCCC(F)(C(=O)NCc2ccncc2)C1. The van der Waals surface area contributed by atoms with Crippen LogP contribution in [0.2, 0.25) is 0 Å². The van der Waals surface area contributed by atoms with E-state index in [1.165, 1.54) is 6.42 Å². The summed E-state index contributed by atoms with van der Waals surface area (Å²) in [5.74, 6) is -0.579. The predicted molar refractivity (Wildman–Crippen MR) is 92.3 cm³/mol. The van der Waals surface area contributed by atoms with Gasteiger partial charge in [-0.25, -0.2) is 4.39 Å². The van der Waals surface area contributed by atoms with Gasteiger partial charge in [-0.15, -0.1) is 0 Å². The normalized spacial score (nSPS) is 24.8. The Balaban J connectivity index is 1.58. The van der Waals surface area contributed by atoms with E-state index in [0.29, 0.717) is 13.0 Å². The number of amides is 2. The van der Waals surface area contributed by atoms with Gasteiger partial charge in [0, 0.05) is 31.4 Å². The Bertz CT molecular complexity index is 604. The van der Waals surface area contributed by atoms with Crippen LogP contribution in [0, 0.1) is 5.92 Å². The van der Waals surface area contributed by atoms with Crippen LogP contribution in [0.1, 0.15) is 50.5 Å². The third-order valence-electron chi connectivity index (χ3n) is 5.32. The summed E-state index contributed by atoms with van der Waals surface area (Å²) in [4.78, 5) is 30.6. The standard InChI is InChI=1S/C19H26FN3O2/c20-19(18(25)22-13-15-7-10-21-11-8-15)9-4-12-23(14-19)17(24)16-5-2-1-3-6-16/h7-8,10-11,16H,1-6,9,12-14H2,(H,22,25). The highest BCUT2D eigenvalue weighted by Gasteiger charge is 2.44. The number of carbonyl (C=O) groups excluding carboxylic acids is 2. The van der Waals surface area contributed by atoms with E-state index in [0.717, 1.165) is 31.2 Å². The molecule has 136 valence electrons. The van der Waals surface area contributed by atoms with Crippen molar-refractivity contribution in [1.29, 1.82) is 0 Å². The Labute approximate surface area is 148 Å². The van der Waals surface area contributed by atoms with Gasteiger partial charge in [-0.2, -0.15) is 0 Å². The molecule has 1 saturated carbocycles. The Hall–Kier alpha value is -1.98. The lowest BCUT2D eigenvalue weighted by molar-refractivity contribution is -0.146. The van der Waals surface area contributed by atoms with E-state index in [4.69, 9.17) is 0 Å². The second-order valence-corrected chi connectivity index (χ2v) is 7.20. The first-order chi connectivity index (χ1) is 12.1. The van der Waals surface area contributed by atoms with Gasteiger partial charge in [-0.05, 0) is 43.4 Å². The van der Waals surface area contributed by atoms with Crippen LogP contribution in [-0.2, 0) is 16.1 Å². The highest BCUT2D eigenvalue weighted by atomic mass is 19.1. The summed E-state index contributed by atoms with van der Waals surface area (Å²) in [6, 6.07) is 3.57. The van der Waals surface area contributed by atoms with E-state index in [1.807, 2.05) is 0 Å². The summed E-state index contributed by atoms with van der Waals surface area (Å²) in [7, 11) is 0. The van der Waals surface area contributed by atoms with Crippen LogP contribution >= 0.6 is 0 Å². The lowest BCUT2D eigenvalue weighted by Crippen LogP contribution is -2.56. The number of piperidine rings is 1. The lowest BCUT2D eigenvalue weighted by atomic mass is 9.86. The summed E-state index contributed by atoms with van der Waals surface area (Å²) in [6.07, 6.45) is 9.06. The van der Waals surface area contributed by atoms with E-state index in [1.54, 1.807) is 29.4 Å². The number of carbonyl (C=O) groups is 2. The molecule has 1 N–H and O–H groups in total. The van der Waals surface area contributed by atoms with Crippen molar-refractivity contribution in [2.45, 2.75) is 57.2 Å². The lowest BCUT2D eigenvalue weighted by Gasteiger charge is -2.38. The zero-order valence-electron chi connectivity index (χ0n) is 14.5. The van der Waals surface area contributed by atoms with Crippen molar-refractivity contribution in [2.75, 3.05) is 13.1 Å². The minimum absolute atomic E-state index is 0.0102. The molecule has 1 aromatic rings. The molecule has 0 aromatic carbocycles. The average Bonchev–Trinajstić information content (AvgIpc) is 2.67. The number of nitrogens with zero attached hydrogens (tertiary/aromatic N) is 2. The monoisotopic (exact) mass is 347 g/mol. The number of nitrogens with one attached hydrogen (secondary N) is 1. The summed E-state index contributed by atoms with van der Waals surface area (Å²) in [6.45, 7) is 0.701. The van der Waals surface area contributed by atoms with Crippen LogP contribution < -0.4 is 5.32 Å². The Kier molecular flexibility index (Phi) is 5.66. The topological polar surface area (TPSA) is 62.3 Å². The molecule has 6 heteroatoms. The maximum absolute atomic E-state index is 15.2. The first-order valence-electron chi connectivity index (χ1n) is 9.23. The largest absolute Gasteiger partial charge is 0.349 e. The van der Waals surface area contributed by atoms with Gasteiger partial charge < -0.3 is 10.2 Å². The van der Waals surface area contributed by atoms with E-state index >= 15 is 4.39 Å². The first-order valence-corrected chi connectivity index (χ1v) is 9.23. The van der Waals surface area contributed by atoms with Crippen molar-refractivity contribution in [1.82, 2.24) is 15.2 Å². The summed E-state index contributed by atoms with van der Waals surface area (Å²) < 4.78 is 15.2. The van der Waals surface area contributed by atoms with Crippen LogP contribution in [0.4, 0.5) is 4.39 Å². The molecular formula is C19H26FN3O2. The molecule has 5 nitrogen and oxygen atoms in total. The van der Waals surface area contributed by atoms with Crippen LogP contribution in [-0.4, -0.2) is 40.5 Å². The van der Waals surface area contributed by atoms with Gasteiger partial charge in [-0.1, -0.05) is 19.3 Å². The van der Waals surface area contributed by atoms with Crippen molar-refractivity contribution >= 4 is 11.8 Å². The van der Waals surface area contributed by atoms with Gasteiger partial charge in [0.1, 0.15) is 0 Å². The molecule has 2 fully saturated rings. The Morgan fingerprint density at radius 3 is 2.64 bits per heavy atom. The third kappa shape index (κ3) is 4.35. The van der Waals surface area contributed by atoms with Gasteiger partial charge in [0.2, 0.25) is 11.6 Å². The van der Waals surface area contributed by atoms with Crippen molar-refractivity contribution in [3.8, 4) is 0 Å². The maximum Gasteiger partial charge on any atom is 0.259 e. The molecule has 1 aromatic heterocycles. The highest BCUT2D eigenvalue weighted by molar-refractivity contribution is 5.87. The molecule has 1 unspecified atom stereocenters. The smallest absolute Gasteiger partial charge is 0.259 e. The summed E-state index contributed by atoms with van der Waals surface area (Å²) in [5, 5.41) is 2.67. The Morgan fingerprint density at radius 1 is 1.20 bits per heavy atom. The van der Waals surface area contributed by atoms with Gasteiger partial charge >= 0.3 is 0 Å². The number of halogens is 1. The van der Waals surface area contributed by atoms with Crippen LogP contribution in [0.15, 0.2) is 24.5 Å². The van der Waals surface area contributed by atoms with Gasteiger partial charge in [0.05, 0.1) is 6.54 Å². The molecule has 2 amide bonds. The first kappa shape index (κ1) is 17.8. The fourth-order valence-corrected chi connectivity index (χ4v) is 3.83. The van der Waals surface area contributed by atoms with E-state index < -0.39 is 11.6 Å². The highest BCUT2D eigenvalue weighted by Crippen LogP contribution is 2.30. The molecule has 1 aliphatic heterocycles. The van der Waals surface area contributed by atoms with Crippen LogP contribution in [0.25, 0.3) is 0 Å². The minimum atomic E-state index is -1.99. The average molecular weight is 347 g/mol. The van der Waals surface area contributed by atoms with E-state index in [9.17, 15) is 9.59 Å². The van der Waals surface area contributed by atoms with Gasteiger partial charge in [-0.3, -0.25) is 14.6 Å². The second-order valence-electron chi connectivity index (χ2n) is 7.20. The molecule has 0 bridgehead atoms. The molecule has 2 heterocycles. The van der Waals surface area contributed by atoms with E-state index in [-0.39, 0.29) is 31.3 Å². The van der Waals surface area contributed by atoms with Gasteiger partial charge in [0.15, 0.2) is 0 Å². The summed E-state index contributed by atoms with van der Waals surface area (Å²) in [5.41, 5.74) is -1.12. The number of likely N-dealkylation sites (tertiary alicyclic amines) is 1. The van der Waals surface area contributed by atoms with Crippen molar-refractivity contribution in [3.63, 3.8) is 0 Å². The molecule has 1 atom stereocenters. The molecule has 3 rings (SSSR count). The van der Waals surface area contributed by atoms with Crippen molar-refractivity contribution in [2.24, 2.45) is 5.92 Å². The fraction of sp³-hybridized carbons (Fsp3) is 0.632. The van der Waals surface area contributed by atoms with Crippen molar-refractivity contribution < 1.29 is 14.0 Å². The van der Waals surface area contributed by atoms with E-state index in [2.05, 4.69) is 10.3 Å². The zero-order valence-corrected chi connectivity index (χ0v) is 14.5. The molecule has 0 spiro atoms. The molecular weight excluding hydrogens is 321 g/mol. The zero-order chi connectivity index (χ0) is 17.7. The fourth-order valence-electron chi connectivity index (χ4n) is 3.83. The quantitative estimate of drug-likeness (QED) is 0.911. The molecule has 25 heavy (non-hydrogen) atoms. The molecule has 0 radical (unpaired) electrons. The molecule has 1 saturated heterocycles. The van der Waals surface area contributed by atoms with Crippen LogP contribution in [0.5, 0.6) is 0 Å². The number of alkyl halides is 1. The molecule has 1 aliphatic carbocycles. The maximum atomic E-state index is 15.2. The number of rotatable bonds is 4. The summed E-state index contributed by atoms with van der Waals surface area (Å²) >= 11 is 0. The molecule has 2 aliphatic rings. The number of hydrogen-bond acceptors (Lipinski definition) is 3. The van der Waals surface area contributed by atoms with Crippen molar-refractivity contribution in [3.05, 3.63) is 30.1 Å². The second kappa shape index (κ2) is 7.93. The predicted octanol–water partition coefficient (Wildman–Crippen LogP) is 2.61. The Morgan fingerprint density at radius 2 is 1.92 bits per heavy atom. The minimum Gasteiger partial charge on any atom is -0.349 e. The van der Waals surface area contributed by atoms with Gasteiger partial charge in [0.25, 0.3) is 5.91 Å². The van der Waals surface area contributed by atoms with Crippen LogP contribution in [0.3, 0.4) is 0 Å². The number of pyridine rings is 1. The third-order valence-corrected chi connectivity index (χ3v) is 5.32. The number of aromatic nitrogens is 1.